The van der Waals surface area contributed by atoms with Gasteiger partial charge < -0.3 is 9.47 Å². The van der Waals surface area contributed by atoms with Crippen LogP contribution < -0.4 is 9.47 Å². The van der Waals surface area contributed by atoms with Gasteiger partial charge >= 0.3 is 0 Å². The summed E-state index contributed by atoms with van der Waals surface area (Å²) < 4.78 is 11.8. The molecular weight excluding hydrogens is 464 g/mol. The summed E-state index contributed by atoms with van der Waals surface area (Å²) >= 11 is 0. The van der Waals surface area contributed by atoms with E-state index in [1.54, 1.807) is 13.0 Å². The van der Waals surface area contributed by atoms with E-state index in [0.29, 0.717) is 35.9 Å². The summed E-state index contributed by atoms with van der Waals surface area (Å²) in [5.41, 5.74) is 3.30. The molecule has 2 aromatic carbocycles. The zero-order valence-electron chi connectivity index (χ0n) is 22.3. The van der Waals surface area contributed by atoms with Crippen LogP contribution in [0.3, 0.4) is 0 Å². The van der Waals surface area contributed by atoms with Gasteiger partial charge in [0.25, 0.3) is 11.8 Å². The Morgan fingerprint density at radius 2 is 1.62 bits per heavy atom. The van der Waals surface area contributed by atoms with Crippen LogP contribution in [0.15, 0.2) is 59.2 Å². The molecule has 0 bridgehead atoms. The first-order valence-corrected chi connectivity index (χ1v) is 13.0. The molecule has 0 saturated carbocycles. The van der Waals surface area contributed by atoms with E-state index in [1.165, 1.54) is 19.3 Å². The molecular formula is C31H36N2O4. The minimum atomic E-state index is -0.569. The fraction of sp³-hybridized carbons (Fsp3) is 0.387. The van der Waals surface area contributed by atoms with Crippen LogP contribution in [0.4, 0.5) is 0 Å². The number of imide groups is 1. The zero-order chi connectivity index (χ0) is 26.8. The molecule has 0 saturated heterocycles. The zero-order valence-corrected chi connectivity index (χ0v) is 22.3. The lowest BCUT2D eigenvalue weighted by molar-refractivity contribution is -0.141. The van der Waals surface area contributed by atoms with Crippen molar-refractivity contribution in [2.75, 3.05) is 13.2 Å². The van der Waals surface area contributed by atoms with Gasteiger partial charge in [0.2, 0.25) is 0 Å². The Kier molecular flexibility index (Phi) is 10.1. The Balaban J connectivity index is 1.87. The number of hydrogen-bond donors (Lipinski definition) is 0. The molecule has 2 aromatic rings. The number of amides is 2. The molecule has 0 unspecified atom stereocenters. The number of carbonyl (C=O) groups excluding carboxylic acids is 2. The van der Waals surface area contributed by atoms with Crippen LogP contribution in [0.25, 0.3) is 6.08 Å². The van der Waals surface area contributed by atoms with Gasteiger partial charge in [0.1, 0.15) is 11.6 Å². The predicted molar refractivity (Wildman–Crippen MR) is 145 cm³/mol. The van der Waals surface area contributed by atoms with Crippen LogP contribution in [-0.2, 0) is 16.1 Å². The third-order valence-electron chi connectivity index (χ3n) is 6.37. The predicted octanol–water partition coefficient (Wildman–Crippen LogP) is 6.54. The Morgan fingerprint density at radius 3 is 2.30 bits per heavy atom. The normalized spacial score (nSPS) is 14.8. The van der Waals surface area contributed by atoms with E-state index in [9.17, 15) is 14.9 Å². The van der Waals surface area contributed by atoms with E-state index in [-0.39, 0.29) is 12.1 Å². The molecule has 1 aliphatic rings. The maximum absolute atomic E-state index is 13.4. The standard InChI is InChI=1S/C31H36N2O4/c1-5-7-8-9-10-17-37-28-16-15-25(19-29(28)36-6-2)18-26-23(4)27(20-32)31(35)33(30(26)34)21-24-13-11-22(3)12-14-24/h11-16,18-19H,5-10,17,21H2,1-4H3/b26-18+. The summed E-state index contributed by atoms with van der Waals surface area (Å²) in [4.78, 5) is 27.6. The van der Waals surface area contributed by atoms with E-state index in [1.807, 2.05) is 62.4 Å². The monoisotopic (exact) mass is 500 g/mol. The van der Waals surface area contributed by atoms with Crippen molar-refractivity contribution in [3.63, 3.8) is 0 Å². The second-order valence-corrected chi connectivity index (χ2v) is 9.25. The SMILES string of the molecule is CCCCCCCOc1ccc(/C=C2/C(=O)N(Cc3ccc(C)cc3)C(=O)C(C#N)=C2C)cc1OCC. The van der Waals surface area contributed by atoms with Crippen molar-refractivity contribution in [1.29, 1.82) is 5.26 Å². The van der Waals surface area contributed by atoms with Gasteiger partial charge in [-0.25, -0.2) is 0 Å². The molecule has 37 heavy (non-hydrogen) atoms. The number of nitrogens with zero attached hydrogens (tertiary/aromatic N) is 2. The molecule has 0 radical (unpaired) electrons. The Bertz CT molecular complexity index is 1220. The topological polar surface area (TPSA) is 79.6 Å². The van der Waals surface area contributed by atoms with Gasteiger partial charge in [-0.3, -0.25) is 14.5 Å². The summed E-state index contributed by atoms with van der Waals surface area (Å²) in [5.74, 6) is 0.270. The van der Waals surface area contributed by atoms with Crippen molar-refractivity contribution < 1.29 is 19.1 Å². The van der Waals surface area contributed by atoms with E-state index in [4.69, 9.17) is 9.47 Å². The molecule has 0 aliphatic carbocycles. The van der Waals surface area contributed by atoms with Crippen LogP contribution in [-0.4, -0.2) is 29.9 Å². The largest absolute Gasteiger partial charge is 0.490 e. The molecule has 0 spiro atoms. The first kappa shape index (κ1) is 27.7. The highest BCUT2D eigenvalue weighted by atomic mass is 16.5. The maximum Gasteiger partial charge on any atom is 0.271 e. The molecule has 1 heterocycles. The highest BCUT2D eigenvalue weighted by Crippen LogP contribution is 2.32. The third kappa shape index (κ3) is 7.10. The van der Waals surface area contributed by atoms with Crippen molar-refractivity contribution in [3.05, 3.63) is 75.9 Å². The summed E-state index contributed by atoms with van der Waals surface area (Å²) in [7, 11) is 0. The van der Waals surface area contributed by atoms with Gasteiger partial charge in [0.05, 0.1) is 19.8 Å². The van der Waals surface area contributed by atoms with Gasteiger partial charge in [0.15, 0.2) is 11.5 Å². The van der Waals surface area contributed by atoms with Crippen molar-refractivity contribution >= 4 is 17.9 Å². The molecule has 0 fully saturated rings. The average molecular weight is 501 g/mol. The molecule has 6 heteroatoms. The Morgan fingerprint density at radius 1 is 0.892 bits per heavy atom. The number of aryl methyl sites for hydroxylation is 1. The number of benzene rings is 2. The number of carbonyl (C=O) groups is 2. The molecule has 3 rings (SSSR count). The van der Waals surface area contributed by atoms with Crippen molar-refractivity contribution in [3.8, 4) is 17.6 Å². The van der Waals surface area contributed by atoms with E-state index in [0.717, 1.165) is 34.4 Å². The second-order valence-electron chi connectivity index (χ2n) is 9.25. The number of ether oxygens (including phenoxy) is 2. The number of rotatable bonds is 12. The maximum atomic E-state index is 13.4. The molecule has 194 valence electrons. The highest BCUT2D eigenvalue weighted by molar-refractivity contribution is 6.19. The summed E-state index contributed by atoms with van der Waals surface area (Å²) in [6, 6.07) is 15.2. The lowest BCUT2D eigenvalue weighted by atomic mass is 9.93. The van der Waals surface area contributed by atoms with Crippen LogP contribution in [0.2, 0.25) is 0 Å². The van der Waals surface area contributed by atoms with Crippen LogP contribution in [0, 0.1) is 18.3 Å². The van der Waals surface area contributed by atoms with Crippen molar-refractivity contribution in [2.45, 2.75) is 66.3 Å². The molecule has 0 aromatic heterocycles. The summed E-state index contributed by atoms with van der Waals surface area (Å²) in [6.07, 6.45) is 7.48. The van der Waals surface area contributed by atoms with Crippen molar-refractivity contribution in [2.24, 2.45) is 0 Å². The lowest BCUT2D eigenvalue weighted by Gasteiger charge is -2.27. The van der Waals surface area contributed by atoms with E-state index >= 15 is 0 Å². The summed E-state index contributed by atoms with van der Waals surface area (Å²) in [6.45, 7) is 8.91. The minimum Gasteiger partial charge on any atom is -0.490 e. The smallest absolute Gasteiger partial charge is 0.271 e. The lowest BCUT2D eigenvalue weighted by Crippen LogP contribution is -2.42. The van der Waals surface area contributed by atoms with Gasteiger partial charge in [-0.15, -0.1) is 0 Å². The third-order valence-corrected chi connectivity index (χ3v) is 6.37. The quantitative estimate of drug-likeness (QED) is 0.188. The van der Waals surface area contributed by atoms with Gasteiger partial charge in [-0.05, 0) is 62.1 Å². The Labute approximate surface area is 220 Å². The molecule has 2 amide bonds. The fourth-order valence-electron chi connectivity index (χ4n) is 4.21. The van der Waals surface area contributed by atoms with Gasteiger partial charge in [-0.2, -0.15) is 5.26 Å². The number of unbranched alkanes of at least 4 members (excludes halogenated alkanes) is 4. The van der Waals surface area contributed by atoms with Gasteiger partial charge in [0, 0.05) is 5.57 Å². The summed E-state index contributed by atoms with van der Waals surface area (Å²) in [5, 5.41) is 9.69. The highest BCUT2D eigenvalue weighted by Gasteiger charge is 2.35. The number of hydrogen-bond acceptors (Lipinski definition) is 5. The van der Waals surface area contributed by atoms with Crippen LogP contribution in [0.5, 0.6) is 11.5 Å². The first-order chi connectivity index (χ1) is 17.9. The van der Waals surface area contributed by atoms with Crippen LogP contribution in [0.1, 0.15) is 69.6 Å². The van der Waals surface area contributed by atoms with E-state index in [2.05, 4.69) is 6.92 Å². The molecule has 0 atom stereocenters. The first-order valence-electron chi connectivity index (χ1n) is 13.0. The average Bonchev–Trinajstić information content (AvgIpc) is 2.89. The minimum absolute atomic E-state index is 0.0222. The van der Waals surface area contributed by atoms with E-state index < -0.39 is 11.8 Å². The molecule has 6 nitrogen and oxygen atoms in total. The Hall–Kier alpha value is -3.85. The van der Waals surface area contributed by atoms with Crippen LogP contribution >= 0.6 is 0 Å². The molecule has 1 aliphatic heterocycles. The molecule has 0 N–H and O–H groups in total. The second kappa shape index (κ2) is 13.5. The number of nitriles is 1. The van der Waals surface area contributed by atoms with Gasteiger partial charge in [-0.1, -0.05) is 68.5 Å². The van der Waals surface area contributed by atoms with Crippen molar-refractivity contribution in [1.82, 2.24) is 4.90 Å². The fourth-order valence-corrected chi connectivity index (χ4v) is 4.21.